The Morgan fingerprint density at radius 1 is 1.50 bits per heavy atom. The summed E-state index contributed by atoms with van der Waals surface area (Å²) in [6.07, 6.45) is 0.711. The van der Waals surface area contributed by atoms with Crippen LogP contribution in [0.15, 0.2) is 18.2 Å². The lowest BCUT2D eigenvalue weighted by Crippen LogP contribution is -2.00. The van der Waals surface area contributed by atoms with Gasteiger partial charge in [0.25, 0.3) is 0 Å². The summed E-state index contributed by atoms with van der Waals surface area (Å²) in [6.45, 7) is 0. The Balaban J connectivity index is 2.83. The van der Waals surface area contributed by atoms with Gasteiger partial charge in [0, 0.05) is 22.3 Å². The van der Waals surface area contributed by atoms with Gasteiger partial charge in [-0.25, -0.2) is 0 Å². The van der Waals surface area contributed by atoms with Crippen LogP contribution in [-0.2, 0) is 11.2 Å². The number of rotatable bonds is 3. The molecule has 0 spiro atoms. The Bertz CT molecular complexity index is 446. The molecule has 0 amide bonds. The molecule has 0 radical (unpaired) electrons. The topological polar surface area (TPSA) is 37.3 Å². The highest BCUT2D eigenvalue weighted by molar-refractivity contribution is 9.09. The first-order valence-corrected chi connectivity index (χ1v) is 6.18. The van der Waals surface area contributed by atoms with E-state index >= 15 is 0 Å². The lowest BCUT2D eigenvalue weighted by atomic mass is 10.1. The van der Waals surface area contributed by atoms with Crippen LogP contribution in [0.25, 0.3) is 0 Å². The first kappa shape index (κ1) is 13.1. The number of benzene rings is 1. The van der Waals surface area contributed by atoms with Gasteiger partial charge in [-0.2, -0.15) is 0 Å². The Kier molecular flexibility index (Phi) is 5.37. The molecule has 2 nitrogen and oxygen atoms in total. The van der Waals surface area contributed by atoms with Gasteiger partial charge in [0.1, 0.15) is 0 Å². The normalized spacial score (nSPS) is 9.38. The molecule has 84 valence electrons. The number of aliphatic carboxylic acids is 1. The molecule has 1 aromatic rings. The minimum Gasteiger partial charge on any atom is -0.481 e. The van der Waals surface area contributed by atoms with Crippen LogP contribution in [0.3, 0.4) is 0 Å². The summed E-state index contributed by atoms with van der Waals surface area (Å²) in [5.41, 5.74) is 1.42. The summed E-state index contributed by atoms with van der Waals surface area (Å²) in [5.74, 6) is 5.03. The quantitative estimate of drug-likeness (QED) is 0.688. The van der Waals surface area contributed by atoms with Crippen LogP contribution >= 0.6 is 27.5 Å². The van der Waals surface area contributed by atoms with Crippen molar-refractivity contribution in [2.24, 2.45) is 0 Å². The van der Waals surface area contributed by atoms with Gasteiger partial charge < -0.3 is 5.11 Å². The van der Waals surface area contributed by atoms with E-state index < -0.39 is 5.97 Å². The summed E-state index contributed by atoms with van der Waals surface area (Å²) in [5, 5.41) is 9.93. The maximum absolute atomic E-state index is 10.5. The van der Waals surface area contributed by atoms with Gasteiger partial charge >= 0.3 is 5.97 Å². The van der Waals surface area contributed by atoms with Crippen molar-refractivity contribution in [2.45, 2.75) is 12.8 Å². The molecule has 1 rings (SSSR count). The molecule has 1 aromatic carbocycles. The fourth-order valence-electron chi connectivity index (χ4n) is 1.14. The number of carboxylic acid groups (broad SMARTS) is 1. The van der Waals surface area contributed by atoms with Crippen LogP contribution in [0.2, 0.25) is 5.02 Å². The van der Waals surface area contributed by atoms with Crippen molar-refractivity contribution in [2.75, 3.05) is 5.33 Å². The highest BCUT2D eigenvalue weighted by Gasteiger charge is 2.05. The Morgan fingerprint density at radius 2 is 2.25 bits per heavy atom. The summed E-state index contributed by atoms with van der Waals surface area (Å²) < 4.78 is 0. The number of hydrogen-bond donors (Lipinski definition) is 1. The predicted molar refractivity (Wildman–Crippen MR) is 68.1 cm³/mol. The standard InChI is InChI=1S/C12H10BrClO2/c13-6-2-1-3-9-4-5-10(8-12(15)16)11(14)7-9/h4-5,7H,2,6,8H2,(H,15,16). The number of halogens is 2. The van der Waals surface area contributed by atoms with Crippen LogP contribution in [0, 0.1) is 11.8 Å². The molecule has 0 saturated carbocycles. The number of carbonyl (C=O) groups is 1. The van der Waals surface area contributed by atoms with E-state index in [0.717, 1.165) is 17.3 Å². The third-order valence-corrected chi connectivity index (χ3v) is 2.60. The lowest BCUT2D eigenvalue weighted by Gasteiger charge is -2.01. The van der Waals surface area contributed by atoms with Gasteiger partial charge in [0.2, 0.25) is 0 Å². The van der Waals surface area contributed by atoms with E-state index in [1.807, 2.05) is 0 Å². The van der Waals surface area contributed by atoms with Crippen LogP contribution < -0.4 is 0 Å². The summed E-state index contributed by atoms with van der Waals surface area (Å²) in [4.78, 5) is 10.5. The molecule has 0 atom stereocenters. The fourth-order valence-corrected chi connectivity index (χ4v) is 1.59. The van der Waals surface area contributed by atoms with Gasteiger partial charge in [-0.3, -0.25) is 4.79 Å². The van der Waals surface area contributed by atoms with Crippen molar-refractivity contribution in [3.05, 3.63) is 34.3 Å². The lowest BCUT2D eigenvalue weighted by molar-refractivity contribution is -0.136. The molecule has 0 aromatic heterocycles. The smallest absolute Gasteiger partial charge is 0.307 e. The second-order valence-electron chi connectivity index (χ2n) is 3.12. The SMILES string of the molecule is O=C(O)Cc1ccc(C#CCCBr)cc1Cl. The van der Waals surface area contributed by atoms with E-state index in [2.05, 4.69) is 27.8 Å². The van der Waals surface area contributed by atoms with Crippen molar-refractivity contribution >= 4 is 33.5 Å². The molecule has 16 heavy (non-hydrogen) atoms. The van der Waals surface area contributed by atoms with Crippen molar-refractivity contribution in [3.8, 4) is 11.8 Å². The molecule has 0 heterocycles. The average molecular weight is 302 g/mol. The van der Waals surface area contributed by atoms with E-state index in [1.54, 1.807) is 18.2 Å². The van der Waals surface area contributed by atoms with E-state index in [1.165, 1.54) is 0 Å². The molecular weight excluding hydrogens is 291 g/mol. The zero-order valence-electron chi connectivity index (χ0n) is 8.46. The third-order valence-electron chi connectivity index (χ3n) is 1.85. The Hall–Kier alpha value is -0.980. The third kappa shape index (κ3) is 4.26. The van der Waals surface area contributed by atoms with Gasteiger partial charge in [-0.15, -0.1) is 0 Å². The molecule has 0 fully saturated rings. The molecule has 1 N–H and O–H groups in total. The second-order valence-corrected chi connectivity index (χ2v) is 4.32. The minimum atomic E-state index is -0.889. The summed E-state index contributed by atoms with van der Waals surface area (Å²) in [6, 6.07) is 5.18. The van der Waals surface area contributed by atoms with Crippen molar-refractivity contribution in [1.29, 1.82) is 0 Å². The summed E-state index contributed by atoms with van der Waals surface area (Å²) in [7, 11) is 0. The van der Waals surface area contributed by atoms with Gasteiger partial charge in [-0.05, 0) is 17.7 Å². The first-order valence-electron chi connectivity index (χ1n) is 4.68. The highest BCUT2D eigenvalue weighted by atomic mass is 79.9. The van der Waals surface area contributed by atoms with Crippen molar-refractivity contribution < 1.29 is 9.90 Å². The van der Waals surface area contributed by atoms with Crippen molar-refractivity contribution in [3.63, 3.8) is 0 Å². The van der Waals surface area contributed by atoms with Crippen LogP contribution in [-0.4, -0.2) is 16.4 Å². The average Bonchev–Trinajstić information content (AvgIpc) is 2.22. The Morgan fingerprint density at radius 3 is 2.81 bits per heavy atom. The molecule has 0 unspecified atom stereocenters. The van der Waals surface area contributed by atoms with Crippen LogP contribution in [0.1, 0.15) is 17.5 Å². The number of hydrogen-bond acceptors (Lipinski definition) is 1. The number of alkyl halides is 1. The van der Waals surface area contributed by atoms with E-state index in [-0.39, 0.29) is 6.42 Å². The highest BCUT2D eigenvalue weighted by Crippen LogP contribution is 2.18. The molecule has 4 heteroatoms. The first-order chi connectivity index (χ1) is 7.63. The van der Waals surface area contributed by atoms with Crippen LogP contribution in [0.5, 0.6) is 0 Å². The van der Waals surface area contributed by atoms with Crippen molar-refractivity contribution in [1.82, 2.24) is 0 Å². The molecule has 0 aliphatic heterocycles. The van der Waals surface area contributed by atoms with Gasteiger partial charge in [0.05, 0.1) is 6.42 Å². The maximum atomic E-state index is 10.5. The maximum Gasteiger partial charge on any atom is 0.307 e. The molecule has 0 bridgehead atoms. The fraction of sp³-hybridized carbons (Fsp3) is 0.250. The zero-order chi connectivity index (χ0) is 12.0. The van der Waals surface area contributed by atoms with E-state index in [9.17, 15) is 4.79 Å². The second kappa shape index (κ2) is 6.57. The minimum absolute atomic E-state index is 0.0616. The molecule has 0 aliphatic rings. The summed E-state index contributed by atoms with van der Waals surface area (Å²) >= 11 is 9.23. The van der Waals surface area contributed by atoms with Gasteiger partial charge in [-0.1, -0.05) is 45.4 Å². The monoisotopic (exact) mass is 300 g/mol. The number of carboxylic acids is 1. The molecule has 0 aliphatic carbocycles. The van der Waals surface area contributed by atoms with Gasteiger partial charge in [0.15, 0.2) is 0 Å². The predicted octanol–water partition coefficient (Wildman–Crippen LogP) is 3.10. The zero-order valence-corrected chi connectivity index (χ0v) is 10.8. The Labute approximate surface area is 108 Å². The van der Waals surface area contributed by atoms with E-state index in [0.29, 0.717) is 10.6 Å². The molecular formula is C12H10BrClO2. The largest absolute Gasteiger partial charge is 0.481 e. The molecule has 0 saturated heterocycles. The van der Waals surface area contributed by atoms with Crippen LogP contribution in [0.4, 0.5) is 0 Å². The van der Waals surface area contributed by atoms with E-state index in [4.69, 9.17) is 16.7 Å².